The highest BCUT2D eigenvalue weighted by Crippen LogP contribution is 2.18. The zero-order chi connectivity index (χ0) is 14.5. The molecule has 0 fully saturated rings. The van der Waals surface area contributed by atoms with Crippen LogP contribution in [0.25, 0.3) is 0 Å². The molecule has 1 rings (SSSR count). The summed E-state index contributed by atoms with van der Waals surface area (Å²) in [5.74, 6) is 2.60. The Labute approximate surface area is 115 Å². The fourth-order valence-corrected chi connectivity index (χ4v) is 1.85. The molecule has 1 aromatic rings. The molecule has 0 aliphatic rings. The fraction of sp³-hybridized carbons (Fsp3) is 0.714. The largest absolute Gasteiger partial charge is 0.388 e. The Morgan fingerprint density at radius 3 is 2.47 bits per heavy atom. The zero-order valence-electron chi connectivity index (χ0n) is 12.6. The van der Waals surface area contributed by atoms with Gasteiger partial charge >= 0.3 is 0 Å². The van der Waals surface area contributed by atoms with Crippen molar-refractivity contribution in [1.82, 2.24) is 9.97 Å². The van der Waals surface area contributed by atoms with Gasteiger partial charge in [0.05, 0.1) is 5.60 Å². The monoisotopic (exact) mass is 266 g/mol. The predicted octanol–water partition coefficient (Wildman–Crippen LogP) is 2.60. The minimum atomic E-state index is -0.711. The predicted molar refractivity (Wildman–Crippen MR) is 79.7 cm³/mol. The van der Waals surface area contributed by atoms with Crippen LogP contribution >= 0.6 is 0 Å². The molecule has 5 heteroatoms. The summed E-state index contributed by atoms with van der Waals surface area (Å²) >= 11 is 0. The van der Waals surface area contributed by atoms with Gasteiger partial charge in [0, 0.05) is 25.6 Å². The van der Waals surface area contributed by atoms with Crippen LogP contribution in [0, 0.1) is 0 Å². The molecule has 19 heavy (non-hydrogen) atoms. The number of hydrogen-bond donors (Lipinski definition) is 3. The maximum Gasteiger partial charge on any atom is 0.135 e. The van der Waals surface area contributed by atoms with Crippen LogP contribution in [0.1, 0.15) is 52.3 Å². The van der Waals surface area contributed by atoms with Crippen molar-refractivity contribution in [3.63, 3.8) is 0 Å². The Kier molecular flexibility index (Phi) is 5.54. The van der Waals surface area contributed by atoms with E-state index in [2.05, 4.69) is 41.4 Å². The molecule has 0 aliphatic carbocycles. The van der Waals surface area contributed by atoms with Crippen molar-refractivity contribution >= 4 is 11.6 Å². The summed E-state index contributed by atoms with van der Waals surface area (Å²) in [6.45, 7) is 8.51. The Bertz CT molecular complexity index is 404. The Hall–Kier alpha value is -1.36. The third kappa shape index (κ3) is 5.03. The third-order valence-electron chi connectivity index (χ3n) is 2.95. The number of nitrogens with one attached hydrogen (secondary N) is 2. The Morgan fingerprint density at radius 1 is 1.32 bits per heavy atom. The van der Waals surface area contributed by atoms with E-state index in [-0.39, 0.29) is 5.92 Å². The summed E-state index contributed by atoms with van der Waals surface area (Å²) in [5, 5.41) is 16.4. The molecule has 0 bridgehead atoms. The van der Waals surface area contributed by atoms with E-state index < -0.39 is 5.60 Å². The molecule has 5 nitrogen and oxygen atoms in total. The highest BCUT2D eigenvalue weighted by atomic mass is 16.3. The molecule has 0 amide bonds. The Balaban J connectivity index is 2.80. The molecule has 1 unspecified atom stereocenters. The van der Waals surface area contributed by atoms with Crippen LogP contribution < -0.4 is 10.6 Å². The van der Waals surface area contributed by atoms with E-state index in [0.717, 1.165) is 30.3 Å². The number of anilines is 2. The van der Waals surface area contributed by atoms with Crippen LogP contribution in [0.2, 0.25) is 0 Å². The van der Waals surface area contributed by atoms with E-state index in [4.69, 9.17) is 0 Å². The van der Waals surface area contributed by atoms with Crippen molar-refractivity contribution in [3.05, 3.63) is 11.9 Å². The van der Waals surface area contributed by atoms with Gasteiger partial charge in [-0.1, -0.05) is 27.2 Å². The molecule has 0 aliphatic heterocycles. The van der Waals surface area contributed by atoms with Crippen molar-refractivity contribution in [2.45, 2.75) is 52.1 Å². The van der Waals surface area contributed by atoms with Crippen molar-refractivity contribution in [3.8, 4) is 0 Å². The molecule has 0 saturated heterocycles. The van der Waals surface area contributed by atoms with Crippen LogP contribution in [0.4, 0.5) is 11.6 Å². The number of aliphatic hydroxyl groups is 1. The molecule has 3 N–H and O–H groups in total. The van der Waals surface area contributed by atoms with Crippen molar-refractivity contribution < 1.29 is 5.11 Å². The minimum absolute atomic E-state index is 0.269. The second kappa shape index (κ2) is 6.70. The molecule has 108 valence electrons. The highest BCUT2D eigenvalue weighted by molar-refractivity contribution is 5.47. The van der Waals surface area contributed by atoms with E-state index in [0.29, 0.717) is 6.54 Å². The van der Waals surface area contributed by atoms with Crippen LogP contribution in [0.3, 0.4) is 0 Å². The van der Waals surface area contributed by atoms with Gasteiger partial charge < -0.3 is 15.7 Å². The fourth-order valence-electron chi connectivity index (χ4n) is 1.85. The van der Waals surface area contributed by atoms with Crippen LogP contribution in [-0.4, -0.2) is 34.3 Å². The number of rotatable bonds is 7. The molecule has 0 radical (unpaired) electrons. The maximum atomic E-state index is 10.2. The van der Waals surface area contributed by atoms with Gasteiger partial charge in [0.1, 0.15) is 17.5 Å². The average molecular weight is 266 g/mol. The lowest BCUT2D eigenvalue weighted by atomic mass is 10.0. The van der Waals surface area contributed by atoms with Gasteiger partial charge in [-0.2, -0.15) is 0 Å². The lowest BCUT2D eigenvalue weighted by molar-refractivity contribution is 0.0636. The van der Waals surface area contributed by atoms with Crippen molar-refractivity contribution in [1.29, 1.82) is 0 Å². The quantitative estimate of drug-likeness (QED) is 0.707. The first kappa shape index (κ1) is 15.7. The van der Waals surface area contributed by atoms with E-state index in [1.165, 1.54) is 0 Å². The summed E-state index contributed by atoms with van der Waals surface area (Å²) in [6, 6.07) is 1.86. The Morgan fingerprint density at radius 2 is 1.95 bits per heavy atom. The minimum Gasteiger partial charge on any atom is -0.388 e. The SMILES string of the molecule is CCCC(C)(O)CNc1cc(NC)nc(C(C)C)n1. The second-order valence-electron chi connectivity index (χ2n) is 5.50. The number of aromatic nitrogens is 2. The first-order chi connectivity index (χ1) is 8.88. The summed E-state index contributed by atoms with van der Waals surface area (Å²) in [4.78, 5) is 8.88. The van der Waals surface area contributed by atoms with Crippen LogP contribution in [0.5, 0.6) is 0 Å². The van der Waals surface area contributed by atoms with Gasteiger partial charge in [0.2, 0.25) is 0 Å². The van der Waals surface area contributed by atoms with Crippen LogP contribution in [-0.2, 0) is 0 Å². The summed E-state index contributed by atoms with van der Waals surface area (Å²) < 4.78 is 0. The highest BCUT2D eigenvalue weighted by Gasteiger charge is 2.19. The summed E-state index contributed by atoms with van der Waals surface area (Å²) in [7, 11) is 1.84. The molecule has 1 atom stereocenters. The smallest absolute Gasteiger partial charge is 0.135 e. The normalized spacial score (nSPS) is 14.3. The van der Waals surface area contributed by atoms with E-state index in [1.54, 1.807) is 0 Å². The van der Waals surface area contributed by atoms with Gasteiger partial charge in [-0.25, -0.2) is 9.97 Å². The standard InChI is InChI=1S/C14H26N4O/c1-6-7-14(4,19)9-16-12-8-11(15-5)17-13(18-12)10(2)3/h8,10,19H,6-7,9H2,1-5H3,(H2,15,16,17,18). The van der Waals surface area contributed by atoms with Gasteiger partial charge in [0.25, 0.3) is 0 Å². The topological polar surface area (TPSA) is 70.1 Å². The summed E-state index contributed by atoms with van der Waals surface area (Å²) in [5.41, 5.74) is -0.711. The van der Waals surface area contributed by atoms with Crippen molar-refractivity contribution in [2.75, 3.05) is 24.2 Å². The molecule has 1 heterocycles. The zero-order valence-corrected chi connectivity index (χ0v) is 12.6. The molecule has 1 aromatic heterocycles. The first-order valence-corrected chi connectivity index (χ1v) is 6.91. The van der Waals surface area contributed by atoms with Gasteiger partial charge in [-0.15, -0.1) is 0 Å². The second-order valence-corrected chi connectivity index (χ2v) is 5.50. The number of hydrogen-bond acceptors (Lipinski definition) is 5. The third-order valence-corrected chi connectivity index (χ3v) is 2.95. The van der Waals surface area contributed by atoms with Crippen LogP contribution in [0.15, 0.2) is 6.07 Å². The van der Waals surface area contributed by atoms with E-state index in [9.17, 15) is 5.11 Å². The van der Waals surface area contributed by atoms with E-state index in [1.807, 2.05) is 20.0 Å². The number of nitrogens with zero attached hydrogens (tertiary/aromatic N) is 2. The van der Waals surface area contributed by atoms with E-state index >= 15 is 0 Å². The summed E-state index contributed by atoms with van der Waals surface area (Å²) in [6.07, 6.45) is 1.72. The lowest BCUT2D eigenvalue weighted by Crippen LogP contribution is -2.33. The van der Waals surface area contributed by atoms with Gasteiger partial charge in [0.15, 0.2) is 0 Å². The van der Waals surface area contributed by atoms with Gasteiger partial charge in [-0.05, 0) is 13.3 Å². The average Bonchev–Trinajstić information content (AvgIpc) is 2.36. The lowest BCUT2D eigenvalue weighted by Gasteiger charge is -2.23. The molecular formula is C14H26N4O. The molecule has 0 saturated carbocycles. The van der Waals surface area contributed by atoms with Gasteiger partial charge in [-0.3, -0.25) is 0 Å². The maximum absolute atomic E-state index is 10.2. The molecule has 0 spiro atoms. The van der Waals surface area contributed by atoms with Crippen molar-refractivity contribution in [2.24, 2.45) is 0 Å². The molecular weight excluding hydrogens is 240 g/mol. The molecule has 0 aromatic carbocycles. The first-order valence-electron chi connectivity index (χ1n) is 6.91.